The van der Waals surface area contributed by atoms with Crippen LogP contribution in [0, 0.1) is 5.92 Å². The van der Waals surface area contributed by atoms with Gasteiger partial charge in [0.25, 0.3) is 0 Å². The minimum Gasteiger partial charge on any atom is -0.489 e. The second kappa shape index (κ2) is 6.86. The molecule has 1 fully saturated rings. The Morgan fingerprint density at radius 1 is 1.26 bits per heavy atom. The van der Waals surface area contributed by atoms with Crippen LogP contribution < -0.4 is 8.92 Å². The monoisotopic (exact) mass is 344 g/mol. The number of hydrogen-bond donors (Lipinski definition) is 1. The first-order chi connectivity index (χ1) is 10.7. The number of rotatable bonds is 8. The van der Waals surface area contributed by atoms with E-state index < -0.39 is 28.7 Å². The van der Waals surface area contributed by atoms with Gasteiger partial charge in [-0.3, -0.25) is 0 Å². The molecule has 0 amide bonds. The quantitative estimate of drug-likeness (QED) is 0.549. The summed E-state index contributed by atoms with van der Waals surface area (Å²) in [5.74, 6) is -1.67. The molecule has 1 saturated carbocycles. The van der Waals surface area contributed by atoms with Gasteiger partial charge < -0.3 is 18.8 Å². The van der Waals surface area contributed by atoms with Crippen molar-refractivity contribution in [2.24, 2.45) is 5.92 Å². The molecule has 0 radical (unpaired) electrons. The Kier molecular flexibility index (Phi) is 5.09. The summed E-state index contributed by atoms with van der Waals surface area (Å²) in [4.78, 5) is 22.2. The number of benzene rings is 1. The highest BCUT2D eigenvalue weighted by atomic mass is 32.2. The minimum atomic E-state index is -3.75. The lowest BCUT2D eigenvalue weighted by molar-refractivity contribution is -0.140. The summed E-state index contributed by atoms with van der Waals surface area (Å²) in [6, 6.07) is 3.81. The summed E-state index contributed by atoms with van der Waals surface area (Å²) in [6.45, 7) is -0.383. The van der Waals surface area contributed by atoms with Crippen LogP contribution in [-0.4, -0.2) is 44.9 Å². The third-order valence-corrected chi connectivity index (χ3v) is 3.40. The van der Waals surface area contributed by atoms with Gasteiger partial charge in [-0.25, -0.2) is 9.59 Å². The Morgan fingerprint density at radius 3 is 2.52 bits per heavy atom. The molecule has 8 nitrogen and oxygen atoms in total. The molecule has 1 N–H and O–H groups in total. The van der Waals surface area contributed by atoms with Crippen molar-refractivity contribution in [3.05, 3.63) is 23.8 Å². The molecule has 0 atom stereocenters. The Hall–Kier alpha value is -2.29. The number of carbonyl (C=O) groups is 2. The van der Waals surface area contributed by atoms with E-state index in [1.54, 1.807) is 0 Å². The van der Waals surface area contributed by atoms with Crippen molar-refractivity contribution in [1.82, 2.24) is 0 Å². The van der Waals surface area contributed by atoms with E-state index in [9.17, 15) is 18.0 Å². The molecular formula is C14H16O8S. The second-order valence-corrected chi connectivity index (χ2v) is 6.75. The number of carbonyl (C=O) groups excluding carboxylic acids is 1. The van der Waals surface area contributed by atoms with Gasteiger partial charge in [-0.1, -0.05) is 0 Å². The summed E-state index contributed by atoms with van der Waals surface area (Å²) < 4.78 is 37.4. The van der Waals surface area contributed by atoms with Gasteiger partial charge >= 0.3 is 22.1 Å². The van der Waals surface area contributed by atoms with Crippen molar-refractivity contribution in [3.8, 4) is 11.5 Å². The maximum absolute atomic E-state index is 11.7. The summed E-state index contributed by atoms with van der Waals surface area (Å²) in [6.07, 6.45) is 2.96. The maximum Gasteiger partial charge on any atom is 0.341 e. The molecule has 0 bridgehead atoms. The fraction of sp³-hybridized carbons (Fsp3) is 0.429. The van der Waals surface area contributed by atoms with Gasteiger partial charge in [-0.15, -0.1) is 0 Å². The molecule has 2 rings (SSSR count). The topological polar surface area (TPSA) is 116 Å². The third-order valence-electron chi connectivity index (χ3n) is 2.92. The Morgan fingerprint density at radius 2 is 1.96 bits per heavy atom. The molecule has 1 aromatic rings. The normalized spacial score (nSPS) is 14.1. The van der Waals surface area contributed by atoms with Gasteiger partial charge in [0.05, 0.1) is 18.4 Å². The number of hydrogen-bond acceptors (Lipinski definition) is 7. The van der Waals surface area contributed by atoms with E-state index in [1.165, 1.54) is 18.2 Å². The van der Waals surface area contributed by atoms with Crippen LogP contribution in [0.3, 0.4) is 0 Å². The minimum absolute atomic E-state index is 0.0389. The van der Waals surface area contributed by atoms with Crippen molar-refractivity contribution in [2.75, 3.05) is 19.5 Å². The van der Waals surface area contributed by atoms with E-state index in [0.29, 0.717) is 12.5 Å². The molecule has 0 spiro atoms. The van der Waals surface area contributed by atoms with Crippen molar-refractivity contribution < 1.29 is 36.8 Å². The molecule has 0 aromatic heterocycles. The van der Waals surface area contributed by atoms with E-state index in [0.717, 1.165) is 19.1 Å². The average molecular weight is 344 g/mol. The van der Waals surface area contributed by atoms with Crippen LogP contribution in [0.2, 0.25) is 0 Å². The van der Waals surface area contributed by atoms with Gasteiger partial charge in [0.1, 0.15) is 0 Å². The molecular weight excluding hydrogens is 328 g/mol. The summed E-state index contributed by atoms with van der Waals surface area (Å²) in [5, 5.41) is 8.50. The summed E-state index contributed by atoms with van der Waals surface area (Å²) in [7, 11) is -3.75. The van der Waals surface area contributed by atoms with Crippen molar-refractivity contribution in [2.45, 2.75) is 12.8 Å². The number of aliphatic carboxylic acids is 1. The van der Waals surface area contributed by atoms with E-state index >= 15 is 0 Å². The first kappa shape index (κ1) is 17.1. The zero-order valence-electron chi connectivity index (χ0n) is 12.4. The van der Waals surface area contributed by atoms with E-state index in [-0.39, 0.29) is 17.1 Å². The Labute approximate surface area is 133 Å². The number of carboxylic acid groups (broad SMARTS) is 1. The first-order valence-corrected chi connectivity index (χ1v) is 8.61. The van der Waals surface area contributed by atoms with Crippen molar-refractivity contribution >= 4 is 22.1 Å². The van der Waals surface area contributed by atoms with Crippen molar-refractivity contribution in [1.29, 1.82) is 0 Å². The average Bonchev–Trinajstić information content (AvgIpc) is 3.26. The van der Waals surface area contributed by atoms with E-state index in [4.69, 9.17) is 14.0 Å². The molecule has 1 aliphatic rings. The van der Waals surface area contributed by atoms with E-state index in [2.05, 4.69) is 4.74 Å². The number of carboxylic acids is 1. The second-order valence-electron chi connectivity index (χ2n) is 5.17. The lowest BCUT2D eigenvalue weighted by Gasteiger charge is -2.12. The lowest BCUT2D eigenvalue weighted by atomic mass is 10.2. The van der Waals surface area contributed by atoms with Crippen LogP contribution in [0.4, 0.5) is 0 Å². The first-order valence-electron chi connectivity index (χ1n) is 6.80. The smallest absolute Gasteiger partial charge is 0.341 e. The van der Waals surface area contributed by atoms with Gasteiger partial charge in [0.15, 0.2) is 18.1 Å². The SMILES string of the molecule is CS(=O)(=O)Oc1ccc(C(=O)OCC(=O)O)cc1OCC1CC1. The molecule has 0 heterocycles. The van der Waals surface area contributed by atoms with Gasteiger partial charge in [-0.05, 0) is 37.0 Å². The molecule has 126 valence electrons. The third kappa shape index (κ3) is 5.78. The largest absolute Gasteiger partial charge is 0.489 e. The molecule has 1 aliphatic carbocycles. The Balaban J connectivity index is 2.18. The van der Waals surface area contributed by atoms with Gasteiger partial charge in [-0.2, -0.15) is 8.42 Å². The highest BCUT2D eigenvalue weighted by Gasteiger charge is 2.23. The summed E-state index contributed by atoms with van der Waals surface area (Å²) >= 11 is 0. The van der Waals surface area contributed by atoms with Gasteiger partial charge in [0.2, 0.25) is 0 Å². The van der Waals surface area contributed by atoms with Crippen LogP contribution in [0.1, 0.15) is 23.2 Å². The van der Waals surface area contributed by atoms with Crippen LogP contribution in [-0.2, 0) is 19.6 Å². The molecule has 1 aromatic carbocycles. The molecule has 9 heteroatoms. The molecule has 0 unspecified atom stereocenters. The molecule has 0 aliphatic heterocycles. The lowest BCUT2D eigenvalue weighted by Crippen LogP contribution is -2.14. The zero-order chi connectivity index (χ0) is 17.0. The summed E-state index contributed by atoms with van der Waals surface area (Å²) in [5.41, 5.74) is 0.0397. The highest BCUT2D eigenvalue weighted by Crippen LogP contribution is 2.34. The fourth-order valence-electron chi connectivity index (χ4n) is 1.68. The van der Waals surface area contributed by atoms with Crippen LogP contribution in [0.25, 0.3) is 0 Å². The molecule has 23 heavy (non-hydrogen) atoms. The Bertz CT molecular complexity index is 705. The zero-order valence-corrected chi connectivity index (χ0v) is 13.2. The maximum atomic E-state index is 11.7. The highest BCUT2D eigenvalue weighted by molar-refractivity contribution is 7.86. The van der Waals surface area contributed by atoms with E-state index in [1.807, 2.05) is 0 Å². The fourth-order valence-corrected chi connectivity index (χ4v) is 2.15. The van der Waals surface area contributed by atoms with Gasteiger partial charge in [0, 0.05) is 0 Å². The van der Waals surface area contributed by atoms with Crippen LogP contribution in [0.15, 0.2) is 18.2 Å². The van der Waals surface area contributed by atoms with Crippen LogP contribution in [0.5, 0.6) is 11.5 Å². The molecule has 0 saturated heterocycles. The van der Waals surface area contributed by atoms with Crippen molar-refractivity contribution in [3.63, 3.8) is 0 Å². The number of esters is 1. The standard InChI is InChI=1S/C14H16O8S/c1-23(18,19)22-11-5-4-10(14(17)21-8-13(15)16)6-12(11)20-7-9-2-3-9/h4-6,9H,2-3,7-8H2,1H3,(H,15,16). The van der Waals surface area contributed by atoms with Crippen LogP contribution >= 0.6 is 0 Å². The number of ether oxygens (including phenoxy) is 2. The predicted octanol–water partition coefficient (Wildman–Crippen LogP) is 1.06. The predicted molar refractivity (Wildman–Crippen MR) is 78.1 cm³/mol.